The molecule has 2 amide bonds. The quantitative estimate of drug-likeness (QED) is 0.383. The normalized spacial score (nSPS) is 23.0. The lowest BCUT2D eigenvalue weighted by Gasteiger charge is -2.13. The van der Waals surface area contributed by atoms with E-state index in [0.717, 1.165) is 0 Å². The lowest BCUT2D eigenvalue weighted by Crippen LogP contribution is -2.41. The summed E-state index contributed by atoms with van der Waals surface area (Å²) in [5, 5.41) is 11.9. The van der Waals surface area contributed by atoms with Crippen molar-refractivity contribution in [3.8, 4) is 0 Å². The average molecular weight is 236 g/mol. The minimum atomic E-state index is -1.07. The summed E-state index contributed by atoms with van der Waals surface area (Å²) in [6, 6.07) is 3.41. The summed E-state index contributed by atoms with van der Waals surface area (Å²) < 4.78 is 0. The van der Waals surface area contributed by atoms with Crippen LogP contribution in [-0.2, 0) is 9.59 Å². The van der Waals surface area contributed by atoms with Gasteiger partial charge in [-0.15, -0.1) is 0 Å². The smallest absolute Gasteiger partial charge is 0.253 e. The zero-order valence-electron chi connectivity index (χ0n) is 8.88. The Hall–Kier alpha value is -2.15. The Kier molecular flexibility index (Phi) is 3.20. The largest absolute Gasteiger partial charge is 0.390 e. The Labute approximate surface area is 97.2 Å². The molecule has 0 aliphatic carbocycles. The lowest BCUT2D eigenvalue weighted by molar-refractivity contribution is -0.135. The van der Waals surface area contributed by atoms with Crippen molar-refractivity contribution >= 4 is 17.5 Å². The number of anilines is 1. The third-order valence-electron chi connectivity index (χ3n) is 2.43. The van der Waals surface area contributed by atoms with Crippen LogP contribution in [0.5, 0.6) is 0 Å². The molecule has 1 fully saturated rings. The van der Waals surface area contributed by atoms with Gasteiger partial charge < -0.3 is 10.4 Å². The Balaban J connectivity index is 1.91. The molecule has 1 aliphatic rings. The van der Waals surface area contributed by atoms with E-state index in [1.54, 1.807) is 18.3 Å². The Bertz CT molecular complexity index is 423. The van der Waals surface area contributed by atoms with Crippen LogP contribution in [0.4, 0.5) is 5.69 Å². The molecule has 0 radical (unpaired) electrons. The number of carbonyl (C=O) groups is 2. The number of hydrogen-bond donors (Lipinski definition) is 4. The number of amides is 2. The van der Waals surface area contributed by atoms with Crippen molar-refractivity contribution in [1.82, 2.24) is 15.7 Å². The Morgan fingerprint density at radius 3 is 3.00 bits per heavy atom. The highest BCUT2D eigenvalue weighted by Gasteiger charge is 2.39. The molecule has 17 heavy (non-hydrogen) atoms. The molecule has 7 nitrogen and oxygen atoms in total. The fraction of sp³-hybridized carbons (Fsp3) is 0.300. The van der Waals surface area contributed by atoms with Gasteiger partial charge in [-0.25, -0.2) is 0 Å². The van der Waals surface area contributed by atoms with Gasteiger partial charge in [0.05, 0.1) is 18.0 Å². The van der Waals surface area contributed by atoms with Crippen molar-refractivity contribution in [2.24, 2.45) is 5.92 Å². The minimum Gasteiger partial charge on any atom is -0.390 e. The predicted octanol–water partition coefficient (Wildman–Crippen LogP) is -1.37. The van der Waals surface area contributed by atoms with Gasteiger partial charge in [0.15, 0.2) is 0 Å². The molecular formula is C10H12N4O3. The van der Waals surface area contributed by atoms with Crippen LogP contribution in [0.2, 0.25) is 0 Å². The fourth-order valence-corrected chi connectivity index (χ4v) is 1.55. The third-order valence-corrected chi connectivity index (χ3v) is 2.43. The van der Waals surface area contributed by atoms with E-state index in [2.05, 4.69) is 21.2 Å². The number of aromatic nitrogens is 1. The first-order valence-corrected chi connectivity index (χ1v) is 5.10. The molecule has 1 saturated heterocycles. The van der Waals surface area contributed by atoms with E-state index in [9.17, 15) is 14.7 Å². The van der Waals surface area contributed by atoms with Crippen LogP contribution in [-0.4, -0.2) is 34.6 Å². The predicted molar refractivity (Wildman–Crippen MR) is 58.5 cm³/mol. The van der Waals surface area contributed by atoms with Crippen molar-refractivity contribution in [3.63, 3.8) is 0 Å². The maximum absolute atomic E-state index is 11.6. The number of aliphatic hydroxyl groups is 1. The number of aliphatic hydroxyl groups excluding tert-OH is 1. The average Bonchev–Trinajstić information content (AvgIpc) is 2.67. The number of hydrazine groups is 1. The molecule has 2 heterocycles. The summed E-state index contributed by atoms with van der Waals surface area (Å²) in [5.74, 6) is -2.11. The van der Waals surface area contributed by atoms with Gasteiger partial charge in [-0.3, -0.25) is 25.4 Å². The van der Waals surface area contributed by atoms with E-state index >= 15 is 0 Å². The van der Waals surface area contributed by atoms with E-state index in [4.69, 9.17) is 0 Å². The van der Waals surface area contributed by atoms with Gasteiger partial charge in [-0.1, -0.05) is 0 Å². The van der Waals surface area contributed by atoms with Gasteiger partial charge in [-0.2, -0.15) is 0 Å². The lowest BCUT2D eigenvalue weighted by atomic mass is 10.1. The third kappa shape index (κ3) is 2.51. The molecule has 2 rings (SSSR count). The van der Waals surface area contributed by atoms with Crippen molar-refractivity contribution in [2.45, 2.75) is 6.10 Å². The van der Waals surface area contributed by atoms with Crippen molar-refractivity contribution in [3.05, 3.63) is 24.5 Å². The van der Waals surface area contributed by atoms with Gasteiger partial charge in [0.1, 0.15) is 5.92 Å². The molecule has 90 valence electrons. The molecule has 1 aromatic rings. The Morgan fingerprint density at radius 1 is 1.59 bits per heavy atom. The van der Waals surface area contributed by atoms with E-state index < -0.39 is 23.8 Å². The highest BCUT2D eigenvalue weighted by Crippen LogP contribution is 2.10. The minimum absolute atomic E-state index is 0.101. The zero-order valence-corrected chi connectivity index (χ0v) is 8.88. The van der Waals surface area contributed by atoms with Crippen molar-refractivity contribution < 1.29 is 14.7 Å². The molecule has 0 aromatic carbocycles. The maximum atomic E-state index is 11.6. The molecule has 2 atom stereocenters. The van der Waals surface area contributed by atoms with Crippen LogP contribution in [0.1, 0.15) is 0 Å². The second-order valence-corrected chi connectivity index (χ2v) is 3.65. The Morgan fingerprint density at radius 2 is 2.41 bits per heavy atom. The number of hydrogen-bond acceptors (Lipinski definition) is 5. The second kappa shape index (κ2) is 4.79. The summed E-state index contributed by atoms with van der Waals surface area (Å²) in [5.41, 5.74) is 5.55. The number of nitrogens with zero attached hydrogens (tertiary/aromatic N) is 1. The van der Waals surface area contributed by atoms with E-state index in [1.165, 1.54) is 6.20 Å². The number of β-amino-alcohol motifs (C(OH)–C–C–N with tert-alkyl or cyclic N) is 1. The van der Waals surface area contributed by atoms with Crippen LogP contribution in [0, 0.1) is 5.92 Å². The molecule has 1 aromatic heterocycles. The summed E-state index contributed by atoms with van der Waals surface area (Å²) in [4.78, 5) is 26.7. The van der Waals surface area contributed by atoms with E-state index in [1.807, 2.05) is 0 Å². The van der Waals surface area contributed by atoms with Gasteiger partial charge in [-0.05, 0) is 12.1 Å². The molecule has 1 aliphatic heterocycles. The standard InChI is InChI=1S/C10H12N4O3/c15-7-5-12-9(16)8(7)10(17)14-13-6-2-1-3-11-4-6/h1-4,7-8,13,15H,5H2,(H,12,16)(H,14,17). The van der Waals surface area contributed by atoms with Gasteiger partial charge in [0.25, 0.3) is 5.91 Å². The van der Waals surface area contributed by atoms with Gasteiger partial charge in [0.2, 0.25) is 5.91 Å². The number of nitrogens with one attached hydrogen (secondary N) is 3. The van der Waals surface area contributed by atoms with E-state index in [-0.39, 0.29) is 6.54 Å². The molecule has 4 N–H and O–H groups in total. The molecule has 0 spiro atoms. The summed E-state index contributed by atoms with van der Waals surface area (Å²) in [7, 11) is 0. The summed E-state index contributed by atoms with van der Waals surface area (Å²) in [6.07, 6.45) is 2.13. The monoisotopic (exact) mass is 236 g/mol. The molecule has 2 unspecified atom stereocenters. The van der Waals surface area contributed by atoms with Gasteiger partial charge >= 0.3 is 0 Å². The highest BCUT2D eigenvalue weighted by atomic mass is 16.3. The first kappa shape index (κ1) is 11.3. The van der Waals surface area contributed by atoms with Gasteiger partial charge in [0, 0.05) is 12.7 Å². The molecule has 0 saturated carbocycles. The summed E-state index contributed by atoms with van der Waals surface area (Å²) in [6.45, 7) is 0.101. The van der Waals surface area contributed by atoms with Crippen LogP contribution < -0.4 is 16.2 Å². The van der Waals surface area contributed by atoms with Crippen LogP contribution >= 0.6 is 0 Å². The van der Waals surface area contributed by atoms with Crippen molar-refractivity contribution in [2.75, 3.05) is 12.0 Å². The molecule has 7 heteroatoms. The highest BCUT2D eigenvalue weighted by molar-refractivity contribution is 6.02. The maximum Gasteiger partial charge on any atom is 0.253 e. The summed E-state index contributed by atoms with van der Waals surface area (Å²) >= 11 is 0. The van der Waals surface area contributed by atoms with E-state index in [0.29, 0.717) is 5.69 Å². The second-order valence-electron chi connectivity index (χ2n) is 3.65. The number of carbonyl (C=O) groups excluding carboxylic acids is 2. The number of rotatable bonds is 3. The molecular weight excluding hydrogens is 224 g/mol. The van der Waals surface area contributed by atoms with Crippen LogP contribution in [0.25, 0.3) is 0 Å². The van der Waals surface area contributed by atoms with Crippen LogP contribution in [0.15, 0.2) is 24.5 Å². The topological polar surface area (TPSA) is 103 Å². The van der Waals surface area contributed by atoms with Crippen molar-refractivity contribution in [1.29, 1.82) is 0 Å². The SMILES string of the molecule is O=C1NCC(O)C1C(=O)NNc1cccnc1. The first-order valence-electron chi connectivity index (χ1n) is 5.10. The first-order chi connectivity index (χ1) is 8.18. The fourth-order valence-electron chi connectivity index (χ4n) is 1.55. The zero-order chi connectivity index (χ0) is 12.3. The number of pyridine rings is 1. The molecule has 0 bridgehead atoms. The van der Waals surface area contributed by atoms with Crippen LogP contribution in [0.3, 0.4) is 0 Å².